The molecular formula is C18H19N3O3S. The maximum atomic E-state index is 12.5. The Morgan fingerprint density at radius 3 is 2.52 bits per heavy atom. The number of hydrogen-bond acceptors (Lipinski definition) is 5. The zero-order chi connectivity index (χ0) is 18.0. The van der Waals surface area contributed by atoms with E-state index in [1.807, 2.05) is 44.2 Å². The maximum Gasteiger partial charge on any atom is 0.242 e. The summed E-state index contributed by atoms with van der Waals surface area (Å²) in [5.74, 6) is 0.658. The van der Waals surface area contributed by atoms with Crippen molar-refractivity contribution < 1.29 is 12.9 Å². The van der Waals surface area contributed by atoms with Crippen molar-refractivity contribution in [2.45, 2.75) is 32.2 Å². The Kier molecular flexibility index (Phi) is 4.69. The van der Waals surface area contributed by atoms with Crippen LogP contribution in [0.15, 0.2) is 51.9 Å². The van der Waals surface area contributed by atoms with Crippen LogP contribution in [0.25, 0.3) is 11.4 Å². The predicted molar refractivity (Wildman–Crippen MR) is 94.4 cm³/mol. The summed E-state index contributed by atoms with van der Waals surface area (Å²) in [4.78, 5) is 4.52. The Morgan fingerprint density at radius 2 is 1.80 bits per heavy atom. The minimum Gasteiger partial charge on any atom is -0.338 e. The Bertz CT molecular complexity index is 1010. The third-order valence-corrected chi connectivity index (χ3v) is 5.45. The first kappa shape index (κ1) is 17.3. The van der Waals surface area contributed by atoms with Crippen molar-refractivity contribution in [3.63, 3.8) is 0 Å². The second kappa shape index (κ2) is 6.78. The van der Waals surface area contributed by atoms with Gasteiger partial charge in [0.25, 0.3) is 0 Å². The van der Waals surface area contributed by atoms with Gasteiger partial charge in [0.15, 0.2) is 0 Å². The van der Waals surface area contributed by atoms with Gasteiger partial charge in [-0.15, -0.1) is 0 Å². The number of nitrogens with zero attached hydrogens (tertiary/aromatic N) is 2. The lowest BCUT2D eigenvalue weighted by Crippen LogP contribution is -2.24. The molecule has 2 aromatic carbocycles. The highest BCUT2D eigenvalue weighted by Crippen LogP contribution is 2.20. The summed E-state index contributed by atoms with van der Waals surface area (Å²) in [6.07, 6.45) is 0. The largest absolute Gasteiger partial charge is 0.338 e. The van der Waals surface area contributed by atoms with E-state index >= 15 is 0 Å². The number of nitrogens with one attached hydrogen (secondary N) is 1. The fourth-order valence-electron chi connectivity index (χ4n) is 2.60. The van der Waals surface area contributed by atoms with Gasteiger partial charge in [0.1, 0.15) is 0 Å². The van der Waals surface area contributed by atoms with E-state index in [1.54, 1.807) is 19.1 Å². The first-order valence-corrected chi connectivity index (χ1v) is 9.30. The second-order valence-corrected chi connectivity index (χ2v) is 7.66. The summed E-state index contributed by atoms with van der Waals surface area (Å²) < 4.78 is 32.6. The smallest absolute Gasteiger partial charge is 0.242 e. The van der Waals surface area contributed by atoms with Crippen LogP contribution in [0.3, 0.4) is 0 Å². The fraction of sp³-hybridized carbons (Fsp3) is 0.222. The molecule has 130 valence electrons. The number of hydrogen-bond donors (Lipinski definition) is 1. The predicted octanol–water partition coefficient (Wildman–Crippen LogP) is 3.14. The van der Waals surface area contributed by atoms with Crippen molar-refractivity contribution in [1.82, 2.24) is 14.9 Å². The van der Waals surface area contributed by atoms with Crippen LogP contribution in [0.4, 0.5) is 0 Å². The van der Waals surface area contributed by atoms with Gasteiger partial charge in [0.05, 0.1) is 11.4 Å². The van der Waals surface area contributed by atoms with Crippen LogP contribution in [-0.2, 0) is 16.6 Å². The van der Waals surface area contributed by atoms with Crippen LogP contribution >= 0.6 is 0 Å². The van der Waals surface area contributed by atoms with Crippen LogP contribution in [0.1, 0.15) is 22.6 Å². The molecule has 1 heterocycles. The summed E-state index contributed by atoms with van der Waals surface area (Å²) in [6.45, 7) is 5.58. The average Bonchev–Trinajstić information content (AvgIpc) is 3.02. The maximum absolute atomic E-state index is 12.5. The molecular weight excluding hydrogens is 338 g/mol. The van der Waals surface area contributed by atoms with Gasteiger partial charge in [-0.25, -0.2) is 13.1 Å². The van der Waals surface area contributed by atoms with Gasteiger partial charge in [0, 0.05) is 5.56 Å². The van der Waals surface area contributed by atoms with Crippen LogP contribution in [0.2, 0.25) is 0 Å². The normalized spacial score (nSPS) is 11.6. The average molecular weight is 357 g/mol. The van der Waals surface area contributed by atoms with E-state index < -0.39 is 10.0 Å². The summed E-state index contributed by atoms with van der Waals surface area (Å²) in [5.41, 5.74) is 3.58. The molecule has 3 aromatic rings. The fourth-order valence-corrected chi connectivity index (χ4v) is 3.79. The number of aryl methyl sites for hydroxylation is 3. The van der Waals surface area contributed by atoms with Gasteiger partial charge in [-0.2, -0.15) is 4.98 Å². The molecule has 3 rings (SSSR count). The Hall–Kier alpha value is -2.51. The molecule has 0 amide bonds. The van der Waals surface area contributed by atoms with Crippen molar-refractivity contribution in [1.29, 1.82) is 0 Å². The van der Waals surface area contributed by atoms with Gasteiger partial charge in [-0.1, -0.05) is 47.1 Å². The standard InChI is InChI=1S/C18H19N3O3S/c1-12-8-9-16(14(3)10-12)25(22,23)19-11-17-20-18(21-24-17)15-7-5-4-6-13(15)2/h4-10,19H,11H2,1-3H3. The van der Waals surface area contributed by atoms with E-state index in [2.05, 4.69) is 14.9 Å². The van der Waals surface area contributed by atoms with Crippen molar-refractivity contribution in [2.75, 3.05) is 0 Å². The van der Waals surface area contributed by atoms with Crippen LogP contribution in [-0.4, -0.2) is 18.6 Å². The molecule has 0 radical (unpaired) electrons. The molecule has 0 fully saturated rings. The van der Waals surface area contributed by atoms with Gasteiger partial charge >= 0.3 is 0 Å². The highest BCUT2D eigenvalue weighted by molar-refractivity contribution is 7.89. The lowest BCUT2D eigenvalue weighted by Gasteiger charge is -2.08. The van der Waals surface area contributed by atoms with Gasteiger partial charge in [-0.05, 0) is 38.0 Å². The van der Waals surface area contributed by atoms with E-state index in [1.165, 1.54) is 0 Å². The summed E-state index contributed by atoms with van der Waals surface area (Å²) in [7, 11) is -3.65. The summed E-state index contributed by atoms with van der Waals surface area (Å²) >= 11 is 0. The first-order valence-electron chi connectivity index (χ1n) is 7.82. The third-order valence-electron chi connectivity index (χ3n) is 3.89. The second-order valence-electron chi connectivity index (χ2n) is 5.92. The molecule has 1 aromatic heterocycles. The number of sulfonamides is 1. The quantitative estimate of drug-likeness (QED) is 0.758. The molecule has 25 heavy (non-hydrogen) atoms. The number of aromatic nitrogens is 2. The zero-order valence-electron chi connectivity index (χ0n) is 14.3. The molecule has 0 aliphatic heterocycles. The summed E-state index contributed by atoms with van der Waals surface area (Å²) in [6, 6.07) is 12.9. The molecule has 6 nitrogen and oxygen atoms in total. The van der Waals surface area contributed by atoms with E-state index in [9.17, 15) is 8.42 Å². The van der Waals surface area contributed by atoms with E-state index in [-0.39, 0.29) is 17.3 Å². The molecule has 7 heteroatoms. The minimum atomic E-state index is -3.65. The Labute approximate surface area is 147 Å². The van der Waals surface area contributed by atoms with Gasteiger partial charge < -0.3 is 4.52 Å². The molecule has 0 bridgehead atoms. The van der Waals surface area contributed by atoms with E-state index in [4.69, 9.17) is 4.52 Å². The SMILES string of the molecule is Cc1ccc(S(=O)(=O)NCc2nc(-c3ccccc3C)no2)c(C)c1. The van der Waals surface area contributed by atoms with Crippen molar-refractivity contribution in [3.05, 3.63) is 65.0 Å². The highest BCUT2D eigenvalue weighted by atomic mass is 32.2. The summed E-state index contributed by atoms with van der Waals surface area (Å²) in [5, 5.41) is 3.93. The Balaban J connectivity index is 1.77. The number of rotatable bonds is 5. The molecule has 1 N–H and O–H groups in total. The van der Waals surface area contributed by atoms with Crippen molar-refractivity contribution in [3.8, 4) is 11.4 Å². The molecule has 0 saturated heterocycles. The van der Waals surface area contributed by atoms with Crippen molar-refractivity contribution in [2.24, 2.45) is 0 Å². The molecule has 0 saturated carbocycles. The molecule has 0 aliphatic carbocycles. The van der Waals surface area contributed by atoms with Crippen molar-refractivity contribution >= 4 is 10.0 Å². The monoisotopic (exact) mass is 357 g/mol. The number of benzene rings is 2. The topological polar surface area (TPSA) is 85.1 Å². The first-order chi connectivity index (χ1) is 11.9. The van der Waals surface area contributed by atoms with Gasteiger partial charge in [0.2, 0.25) is 21.7 Å². The molecule has 0 spiro atoms. The van der Waals surface area contributed by atoms with E-state index in [0.717, 1.165) is 16.7 Å². The van der Waals surface area contributed by atoms with Crippen LogP contribution in [0.5, 0.6) is 0 Å². The van der Waals surface area contributed by atoms with Crippen LogP contribution < -0.4 is 4.72 Å². The van der Waals surface area contributed by atoms with Gasteiger partial charge in [-0.3, -0.25) is 0 Å². The Morgan fingerprint density at radius 1 is 1.04 bits per heavy atom. The molecule has 0 aliphatic rings. The lowest BCUT2D eigenvalue weighted by molar-refractivity contribution is 0.376. The minimum absolute atomic E-state index is 0.0610. The highest BCUT2D eigenvalue weighted by Gasteiger charge is 2.18. The molecule has 0 atom stereocenters. The van der Waals surface area contributed by atoms with E-state index in [0.29, 0.717) is 11.4 Å². The zero-order valence-corrected chi connectivity index (χ0v) is 15.1. The molecule has 0 unspecified atom stereocenters. The lowest BCUT2D eigenvalue weighted by atomic mass is 10.1. The third kappa shape index (κ3) is 3.78. The van der Waals surface area contributed by atoms with Crippen LogP contribution in [0, 0.1) is 20.8 Å².